The molecule has 8 heteroatoms. The van der Waals surface area contributed by atoms with E-state index in [9.17, 15) is 18.0 Å². The number of nitrogens with zero attached hydrogens (tertiary/aromatic N) is 2. The van der Waals surface area contributed by atoms with Crippen LogP contribution in [-0.2, 0) is 6.18 Å². The lowest BCUT2D eigenvalue weighted by Gasteiger charge is -2.11. The topological polar surface area (TPSA) is 54.9 Å². The van der Waals surface area contributed by atoms with Crippen molar-refractivity contribution >= 4 is 34.2 Å². The van der Waals surface area contributed by atoms with E-state index in [0.717, 1.165) is 12.1 Å². The van der Waals surface area contributed by atoms with Crippen LogP contribution in [0.5, 0.6) is 0 Å². The highest BCUT2D eigenvalue weighted by atomic mass is 35.5. The number of rotatable bonds is 3. The minimum Gasteiger partial charge on any atom is -0.306 e. The zero-order valence-corrected chi connectivity index (χ0v) is 16.0. The molecule has 2 heterocycles. The SMILES string of the molecule is O=C(Nc1cccc(Cl)n1)c1cccc2ccc(-c3cccc(C(F)(F)F)c3)nc12. The Balaban J connectivity index is 1.75. The van der Waals surface area contributed by atoms with Gasteiger partial charge in [-0.25, -0.2) is 9.97 Å². The maximum Gasteiger partial charge on any atom is 0.416 e. The maximum atomic E-state index is 13.1. The number of carbonyl (C=O) groups is 1. The lowest BCUT2D eigenvalue weighted by molar-refractivity contribution is -0.137. The minimum absolute atomic E-state index is 0.232. The summed E-state index contributed by atoms with van der Waals surface area (Å²) < 4.78 is 39.2. The third-order valence-electron chi connectivity index (χ3n) is 4.41. The van der Waals surface area contributed by atoms with Crippen LogP contribution in [-0.4, -0.2) is 15.9 Å². The highest BCUT2D eigenvalue weighted by molar-refractivity contribution is 6.29. The molecule has 4 rings (SSSR count). The third kappa shape index (κ3) is 4.11. The molecule has 4 nitrogen and oxygen atoms in total. The lowest BCUT2D eigenvalue weighted by atomic mass is 10.0. The molecule has 0 unspecified atom stereocenters. The van der Waals surface area contributed by atoms with Crippen molar-refractivity contribution in [2.24, 2.45) is 0 Å². The van der Waals surface area contributed by atoms with Crippen LogP contribution < -0.4 is 5.32 Å². The van der Waals surface area contributed by atoms with Gasteiger partial charge in [-0.15, -0.1) is 0 Å². The number of amides is 1. The van der Waals surface area contributed by atoms with Gasteiger partial charge in [0.2, 0.25) is 0 Å². The van der Waals surface area contributed by atoms with E-state index in [0.29, 0.717) is 22.2 Å². The van der Waals surface area contributed by atoms with Gasteiger partial charge >= 0.3 is 6.18 Å². The summed E-state index contributed by atoms with van der Waals surface area (Å²) in [6, 6.07) is 18.1. The predicted octanol–water partition coefficient (Wildman–Crippen LogP) is 6.22. The van der Waals surface area contributed by atoms with Crippen molar-refractivity contribution in [1.82, 2.24) is 9.97 Å². The molecule has 30 heavy (non-hydrogen) atoms. The Hall–Kier alpha value is -3.45. The number of anilines is 1. The first-order valence-corrected chi connectivity index (χ1v) is 9.20. The fourth-order valence-corrected chi connectivity index (χ4v) is 3.17. The molecule has 0 atom stereocenters. The van der Waals surface area contributed by atoms with Gasteiger partial charge < -0.3 is 5.32 Å². The van der Waals surface area contributed by atoms with Crippen LogP contribution in [0.15, 0.2) is 72.8 Å². The Morgan fingerprint density at radius 2 is 1.67 bits per heavy atom. The van der Waals surface area contributed by atoms with Crippen molar-refractivity contribution in [3.63, 3.8) is 0 Å². The molecule has 0 spiro atoms. The summed E-state index contributed by atoms with van der Waals surface area (Å²) in [7, 11) is 0. The van der Waals surface area contributed by atoms with Crippen LogP contribution in [0, 0.1) is 0 Å². The van der Waals surface area contributed by atoms with Crippen LogP contribution >= 0.6 is 11.6 Å². The molecular weight excluding hydrogens is 415 g/mol. The number of para-hydroxylation sites is 1. The highest BCUT2D eigenvalue weighted by Crippen LogP contribution is 2.32. The van der Waals surface area contributed by atoms with Gasteiger partial charge in [-0.05, 0) is 36.4 Å². The number of carbonyl (C=O) groups excluding carboxylic acids is 1. The van der Waals surface area contributed by atoms with E-state index in [-0.39, 0.29) is 16.5 Å². The van der Waals surface area contributed by atoms with Crippen LogP contribution in [0.25, 0.3) is 22.2 Å². The average molecular weight is 428 g/mol. The maximum absolute atomic E-state index is 13.1. The first-order chi connectivity index (χ1) is 14.3. The second-order valence-corrected chi connectivity index (χ2v) is 6.84. The number of alkyl halides is 3. The quantitative estimate of drug-likeness (QED) is 0.395. The van der Waals surface area contributed by atoms with Gasteiger partial charge in [0, 0.05) is 10.9 Å². The van der Waals surface area contributed by atoms with Gasteiger partial charge in [0.1, 0.15) is 11.0 Å². The Bertz CT molecular complexity index is 1260. The van der Waals surface area contributed by atoms with E-state index in [1.165, 1.54) is 6.07 Å². The summed E-state index contributed by atoms with van der Waals surface area (Å²) in [5, 5.41) is 3.57. The van der Waals surface area contributed by atoms with E-state index in [1.807, 2.05) is 0 Å². The molecule has 0 radical (unpaired) electrons. The van der Waals surface area contributed by atoms with Gasteiger partial charge in [-0.2, -0.15) is 13.2 Å². The number of pyridine rings is 2. The van der Waals surface area contributed by atoms with Gasteiger partial charge in [0.05, 0.1) is 22.3 Å². The molecular formula is C22H13ClF3N3O. The van der Waals surface area contributed by atoms with Gasteiger partial charge in [-0.1, -0.05) is 48.0 Å². The van der Waals surface area contributed by atoms with E-state index in [2.05, 4.69) is 15.3 Å². The highest BCUT2D eigenvalue weighted by Gasteiger charge is 2.30. The molecule has 0 bridgehead atoms. The number of benzene rings is 2. The Kier molecular flexibility index (Phi) is 5.13. The Morgan fingerprint density at radius 3 is 2.43 bits per heavy atom. The lowest BCUT2D eigenvalue weighted by Crippen LogP contribution is -2.14. The molecule has 1 amide bonds. The smallest absolute Gasteiger partial charge is 0.306 e. The summed E-state index contributed by atoms with van der Waals surface area (Å²) in [5.41, 5.74) is 0.503. The number of nitrogens with one attached hydrogen (secondary N) is 1. The van der Waals surface area contributed by atoms with Crippen molar-refractivity contribution in [1.29, 1.82) is 0 Å². The monoisotopic (exact) mass is 427 g/mol. The van der Waals surface area contributed by atoms with Gasteiger partial charge in [0.25, 0.3) is 5.91 Å². The summed E-state index contributed by atoms with van der Waals surface area (Å²) >= 11 is 5.85. The Labute approximate surface area is 174 Å². The standard InChI is InChI=1S/C22H13ClF3N3O/c23-18-8-3-9-19(28-18)29-21(30)16-7-2-4-13-10-11-17(27-20(13)16)14-5-1-6-15(12-14)22(24,25)26/h1-12H,(H,28,29,30). The zero-order valence-electron chi connectivity index (χ0n) is 15.2. The third-order valence-corrected chi connectivity index (χ3v) is 4.62. The van der Waals surface area contributed by atoms with Crippen LogP contribution in [0.3, 0.4) is 0 Å². The second kappa shape index (κ2) is 7.76. The van der Waals surface area contributed by atoms with Gasteiger partial charge in [0.15, 0.2) is 0 Å². The Morgan fingerprint density at radius 1 is 0.900 bits per heavy atom. The van der Waals surface area contributed by atoms with Crippen molar-refractivity contribution in [3.05, 3.63) is 89.1 Å². The van der Waals surface area contributed by atoms with E-state index in [4.69, 9.17) is 11.6 Å². The number of hydrogen-bond acceptors (Lipinski definition) is 3. The summed E-state index contributed by atoms with van der Waals surface area (Å²) in [6.07, 6.45) is -4.46. The van der Waals surface area contributed by atoms with Gasteiger partial charge in [-0.3, -0.25) is 4.79 Å². The fourth-order valence-electron chi connectivity index (χ4n) is 3.01. The van der Waals surface area contributed by atoms with Crippen LogP contribution in [0.4, 0.5) is 19.0 Å². The molecule has 2 aromatic heterocycles. The number of fused-ring (bicyclic) bond motifs is 1. The molecule has 2 aromatic carbocycles. The molecule has 0 fully saturated rings. The second-order valence-electron chi connectivity index (χ2n) is 6.45. The summed E-state index contributed by atoms with van der Waals surface area (Å²) in [4.78, 5) is 21.3. The molecule has 0 saturated heterocycles. The van der Waals surface area contributed by atoms with Crippen LogP contribution in [0.1, 0.15) is 15.9 Å². The van der Waals surface area contributed by atoms with E-state index >= 15 is 0 Å². The normalized spacial score (nSPS) is 11.5. The molecule has 0 aliphatic heterocycles. The molecule has 1 N–H and O–H groups in total. The zero-order chi connectivity index (χ0) is 21.3. The van der Waals surface area contributed by atoms with Crippen molar-refractivity contribution in [3.8, 4) is 11.3 Å². The van der Waals surface area contributed by atoms with Crippen molar-refractivity contribution in [2.45, 2.75) is 6.18 Å². The molecule has 4 aromatic rings. The van der Waals surface area contributed by atoms with Crippen molar-refractivity contribution < 1.29 is 18.0 Å². The molecule has 0 saturated carbocycles. The van der Waals surface area contributed by atoms with Crippen molar-refractivity contribution in [2.75, 3.05) is 5.32 Å². The number of halogens is 4. The first-order valence-electron chi connectivity index (χ1n) is 8.82. The van der Waals surface area contributed by atoms with E-state index < -0.39 is 17.6 Å². The fraction of sp³-hybridized carbons (Fsp3) is 0.0455. The largest absolute Gasteiger partial charge is 0.416 e. The number of aromatic nitrogens is 2. The average Bonchev–Trinajstić information content (AvgIpc) is 2.72. The predicted molar refractivity (Wildman–Crippen MR) is 109 cm³/mol. The molecule has 0 aliphatic carbocycles. The van der Waals surface area contributed by atoms with Crippen LogP contribution in [0.2, 0.25) is 5.15 Å². The van der Waals surface area contributed by atoms with E-state index in [1.54, 1.807) is 54.6 Å². The summed E-state index contributed by atoms with van der Waals surface area (Å²) in [5.74, 6) is -0.178. The molecule has 0 aliphatic rings. The summed E-state index contributed by atoms with van der Waals surface area (Å²) in [6.45, 7) is 0. The minimum atomic E-state index is -4.46. The molecule has 150 valence electrons. The first kappa shape index (κ1) is 19.8. The number of hydrogen-bond donors (Lipinski definition) is 1.